The molecule has 0 bridgehead atoms. The summed E-state index contributed by atoms with van der Waals surface area (Å²) in [7, 11) is 1.65. The summed E-state index contributed by atoms with van der Waals surface area (Å²) in [6, 6.07) is 15.9. The number of benzene rings is 2. The molecule has 0 saturated heterocycles. The maximum atomic E-state index is 12.8. The molecule has 160 valence electrons. The van der Waals surface area contributed by atoms with Crippen molar-refractivity contribution >= 4 is 62.7 Å². The van der Waals surface area contributed by atoms with E-state index in [-0.39, 0.29) is 5.97 Å². The molecule has 0 aliphatic carbocycles. The average Bonchev–Trinajstić information content (AvgIpc) is 3.20. The van der Waals surface area contributed by atoms with Crippen molar-refractivity contribution < 1.29 is 14.3 Å². The van der Waals surface area contributed by atoms with E-state index in [0.29, 0.717) is 11.5 Å². The monoisotopic (exact) mass is 469 g/mol. The highest BCUT2D eigenvalue weighted by molar-refractivity contribution is 8.32. The third-order valence-corrected chi connectivity index (χ3v) is 8.38. The lowest BCUT2D eigenvalue weighted by Crippen LogP contribution is -2.43. The zero-order chi connectivity index (χ0) is 22.2. The van der Waals surface area contributed by atoms with Gasteiger partial charge in [-0.1, -0.05) is 66.1 Å². The molecule has 4 nitrogen and oxygen atoms in total. The van der Waals surface area contributed by atoms with Gasteiger partial charge in [0.25, 0.3) is 0 Å². The van der Waals surface area contributed by atoms with Crippen molar-refractivity contribution in [1.29, 1.82) is 0 Å². The first-order chi connectivity index (χ1) is 14.9. The summed E-state index contributed by atoms with van der Waals surface area (Å²) in [6.45, 7) is 6.30. The zero-order valence-electron chi connectivity index (χ0n) is 17.8. The zero-order valence-corrected chi connectivity index (χ0v) is 20.2. The largest absolute Gasteiger partial charge is 0.497 e. The Morgan fingerprint density at radius 2 is 1.87 bits per heavy atom. The first kappa shape index (κ1) is 22.0. The number of carbonyl (C=O) groups is 1. The fourth-order valence-corrected chi connectivity index (χ4v) is 6.60. The van der Waals surface area contributed by atoms with Crippen molar-refractivity contribution in [3.05, 3.63) is 68.8 Å². The number of hydrogen-bond acceptors (Lipinski definition) is 7. The van der Waals surface area contributed by atoms with E-state index in [0.717, 1.165) is 42.1 Å². The molecule has 2 aliphatic rings. The Hall–Kier alpha value is -2.22. The molecule has 0 saturated carbocycles. The van der Waals surface area contributed by atoms with Crippen LogP contribution < -0.4 is 10.1 Å². The van der Waals surface area contributed by atoms with E-state index in [1.54, 1.807) is 18.9 Å². The molecule has 4 rings (SSSR count). The van der Waals surface area contributed by atoms with Crippen LogP contribution in [-0.2, 0) is 9.53 Å². The lowest BCUT2D eigenvalue weighted by Gasteiger charge is -2.37. The molecule has 1 N–H and O–H groups in total. The van der Waals surface area contributed by atoms with Gasteiger partial charge in [-0.25, -0.2) is 4.79 Å². The molecule has 0 atom stereocenters. The number of esters is 1. The summed E-state index contributed by atoms with van der Waals surface area (Å²) in [5.74, 6) is 0.454. The number of thioether (sulfide) groups is 2. The van der Waals surface area contributed by atoms with Gasteiger partial charge < -0.3 is 14.8 Å². The van der Waals surface area contributed by atoms with Crippen molar-refractivity contribution in [2.45, 2.75) is 26.3 Å². The predicted octanol–water partition coefficient (Wildman–Crippen LogP) is 6.35. The van der Waals surface area contributed by atoms with Crippen LogP contribution in [0.1, 0.15) is 31.9 Å². The van der Waals surface area contributed by atoms with Crippen LogP contribution in [0.3, 0.4) is 0 Å². The molecule has 7 heteroatoms. The molecule has 0 fully saturated rings. The van der Waals surface area contributed by atoms with E-state index in [9.17, 15) is 4.79 Å². The normalized spacial score (nSPS) is 19.7. The quantitative estimate of drug-likeness (QED) is 0.318. The van der Waals surface area contributed by atoms with E-state index >= 15 is 0 Å². The van der Waals surface area contributed by atoms with Gasteiger partial charge in [-0.15, -0.1) is 0 Å². The smallest absolute Gasteiger partial charge is 0.346 e. The van der Waals surface area contributed by atoms with Crippen LogP contribution >= 0.6 is 35.7 Å². The molecule has 31 heavy (non-hydrogen) atoms. The Kier molecular flexibility index (Phi) is 6.19. The second-order valence-electron chi connectivity index (χ2n) is 7.60. The number of fused-ring (bicyclic) bond motifs is 1. The number of carbonyl (C=O) groups excluding carboxylic acids is 1. The van der Waals surface area contributed by atoms with Crippen LogP contribution in [0.15, 0.2) is 57.7 Å². The van der Waals surface area contributed by atoms with E-state index in [2.05, 4.69) is 19.2 Å². The summed E-state index contributed by atoms with van der Waals surface area (Å²) < 4.78 is 11.8. The van der Waals surface area contributed by atoms with Crippen LogP contribution in [0.5, 0.6) is 5.75 Å². The molecule has 2 aromatic carbocycles. The molecule has 0 radical (unpaired) electrons. The van der Waals surface area contributed by atoms with Gasteiger partial charge in [0, 0.05) is 26.6 Å². The minimum Gasteiger partial charge on any atom is -0.497 e. The van der Waals surface area contributed by atoms with Gasteiger partial charge in [0.15, 0.2) is 0 Å². The van der Waals surface area contributed by atoms with Gasteiger partial charge in [0.05, 0.1) is 23.5 Å². The maximum Gasteiger partial charge on any atom is 0.346 e. The van der Waals surface area contributed by atoms with Crippen LogP contribution in [-0.4, -0.2) is 30.1 Å². The topological polar surface area (TPSA) is 47.6 Å². The maximum absolute atomic E-state index is 12.8. The van der Waals surface area contributed by atoms with Gasteiger partial charge in [-0.05, 0) is 44.5 Å². The highest BCUT2D eigenvalue weighted by Gasteiger charge is 2.39. The van der Waals surface area contributed by atoms with Gasteiger partial charge in [0.1, 0.15) is 10.7 Å². The second-order valence-corrected chi connectivity index (χ2v) is 10.3. The predicted molar refractivity (Wildman–Crippen MR) is 135 cm³/mol. The van der Waals surface area contributed by atoms with Crippen LogP contribution in [0.25, 0.3) is 10.5 Å². The molecule has 0 aromatic heterocycles. The standard InChI is InChI=1S/C24H23NO3S3/c1-5-28-22(26)20-19(14-9-7-6-8-10-14)30-23(31-20)18-16-13-15(27-4)11-12-17(16)25-24(2,3)21(18)29/h6-13,25H,5H2,1-4H3/b23-18+. The van der Waals surface area contributed by atoms with E-state index in [1.165, 1.54) is 11.8 Å². The van der Waals surface area contributed by atoms with Crippen molar-refractivity contribution in [2.75, 3.05) is 19.0 Å². The summed E-state index contributed by atoms with van der Waals surface area (Å²) >= 11 is 8.96. The number of methoxy groups -OCH3 is 1. The number of rotatable bonds is 4. The van der Waals surface area contributed by atoms with Crippen molar-refractivity contribution in [1.82, 2.24) is 0 Å². The molecule has 2 aliphatic heterocycles. The van der Waals surface area contributed by atoms with E-state index < -0.39 is 5.54 Å². The number of hydrogen-bond donors (Lipinski definition) is 1. The first-order valence-corrected chi connectivity index (χ1v) is 12.0. The lowest BCUT2D eigenvalue weighted by molar-refractivity contribution is -0.137. The third kappa shape index (κ3) is 4.14. The summed E-state index contributed by atoms with van der Waals surface area (Å²) in [4.78, 5) is 15.1. The number of nitrogens with one attached hydrogen (secondary N) is 1. The molecule has 0 unspecified atom stereocenters. The fourth-order valence-electron chi connectivity index (χ4n) is 3.51. The SMILES string of the molecule is CCOC(=O)C1=C(c2ccccc2)S/C(=C2\C(=S)C(C)(C)Nc3ccc(OC)cc32)S1. The Labute approximate surface area is 196 Å². The van der Waals surface area contributed by atoms with Crippen molar-refractivity contribution in [3.63, 3.8) is 0 Å². The van der Waals surface area contributed by atoms with E-state index in [1.807, 2.05) is 55.5 Å². The molecule has 2 heterocycles. The van der Waals surface area contributed by atoms with Crippen molar-refractivity contribution in [3.8, 4) is 5.75 Å². The molecular weight excluding hydrogens is 446 g/mol. The van der Waals surface area contributed by atoms with Gasteiger partial charge in [-0.2, -0.15) is 0 Å². The minimum absolute atomic E-state index is 0.306. The van der Waals surface area contributed by atoms with Crippen LogP contribution in [0.4, 0.5) is 5.69 Å². The lowest BCUT2D eigenvalue weighted by atomic mass is 9.85. The Morgan fingerprint density at radius 3 is 2.55 bits per heavy atom. The molecule has 0 spiro atoms. The number of anilines is 1. The summed E-state index contributed by atoms with van der Waals surface area (Å²) in [5, 5.41) is 3.53. The fraction of sp³-hybridized carbons (Fsp3) is 0.250. The van der Waals surface area contributed by atoms with Gasteiger partial charge >= 0.3 is 5.97 Å². The molecular formula is C24H23NO3S3. The van der Waals surface area contributed by atoms with Crippen LogP contribution in [0.2, 0.25) is 0 Å². The van der Waals surface area contributed by atoms with Gasteiger partial charge in [0.2, 0.25) is 0 Å². The molecule has 2 aromatic rings. The van der Waals surface area contributed by atoms with Crippen molar-refractivity contribution in [2.24, 2.45) is 0 Å². The highest BCUT2D eigenvalue weighted by atomic mass is 32.2. The van der Waals surface area contributed by atoms with Crippen LogP contribution in [0, 0.1) is 0 Å². The number of ether oxygens (including phenoxy) is 2. The summed E-state index contributed by atoms with van der Waals surface area (Å²) in [5.41, 5.74) is 3.53. The highest BCUT2D eigenvalue weighted by Crippen LogP contribution is 2.58. The van der Waals surface area contributed by atoms with Gasteiger partial charge in [-0.3, -0.25) is 0 Å². The van der Waals surface area contributed by atoms with E-state index in [4.69, 9.17) is 21.7 Å². The summed E-state index contributed by atoms with van der Waals surface area (Å²) in [6.07, 6.45) is 0. The second kappa shape index (κ2) is 8.73. The average molecular weight is 470 g/mol. The minimum atomic E-state index is -0.403. The third-order valence-electron chi connectivity index (χ3n) is 5.03. The number of thiocarbonyl (C=S) groups is 1. The Morgan fingerprint density at radius 1 is 1.13 bits per heavy atom. The Bertz CT molecular complexity index is 1120. The molecule has 0 amide bonds. The Balaban J connectivity index is 1.88. The first-order valence-electron chi connectivity index (χ1n) is 9.94.